The van der Waals surface area contributed by atoms with Gasteiger partial charge in [-0.1, -0.05) is 72.8 Å². The van der Waals surface area contributed by atoms with Gasteiger partial charge in [0.15, 0.2) is 0 Å². The number of benzene rings is 3. The molecule has 3 aromatic rings. The van der Waals surface area contributed by atoms with Crippen LogP contribution >= 0.6 is 11.8 Å². The van der Waals surface area contributed by atoms with Gasteiger partial charge in [-0.25, -0.2) is 5.43 Å². The fourth-order valence-corrected chi connectivity index (χ4v) is 3.12. The number of carbonyl (C=O) groups is 1. The molecule has 3 aromatic carbocycles. The van der Waals surface area contributed by atoms with E-state index >= 15 is 0 Å². The molecule has 130 valence electrons. The van der Waals surface area contributed by atoms with Crippen molar-refractivity contribution in [2.24, 2.45) is 5.10 Å². The topological polar surface area (TPSA) is 41.5 Å². The number of hydrogen-bond donors (Lipinski definition) is 1. The van der Waals surface area contributed by atoms with Crippen LogP contribution in [0, 0.1) is 0 Å². The van der Waals surface area contributed by atoms with Gasteiger partial charge in [-0.15, -0.1) is 11.8 Å². The molecular formula is C22H20N2OS. The molecule has 0 radical (unpaired) electrons. The largest absolute Gasteiger partial charge is 0.272 e. The highest BCUT2D eigenvalue weighted by molar-refractivity contribution is 7.98. The second kappa shape index (κ2) is 9.02. The van der Waals surface area contributed by atoms with Crippen molar-refractivity contribution in [3.05, 3.63) is 102 Å². The molecule has 0 aliphatic carbocycles. The third-order valence-corrected chi connectivity index (χ3v) is 4.78. The average molecular weight is 360 g/mol. The third kappa shape index (κ3) is 4.61. The molecule has 4 heteroatoms. The first-order valence-electron chi connectivity index (χ1n) is 8.35. The number of nitrogens with one attached hydrogen (secondary N) is 1. The fourth-order valence-electron chi connectivity index (χ4n) is 2.71. The van der Waals surface area contributed by atoms with Gasteiger partial charge in [-0.2, -0.15) is 5.10 Å². The summed E-state index contributed by atoms with van der Waals surface area (Å²) in [4.78, 5) is 14.0. The molecule has 3 rings (SSSR count). The number of nitrogens with zero attached hydrogens (tertiary/aromatic N) is 1. The van der Waals surface area contributed by atoms with Crippen LogP contribution in [-0.4, -0.2) is 18.4 Å². The Kier molecular flexibility index (Phi) is 6.23. The van der Waals surface area contributed by atoms with Crippen molar-refractivity contribution < 1.29 is 4.79 Å². The summed E-state index contributed by atoms with van der Waals surface area (Å²) in [5.74, 6) is -0.548. The highest BCUT2D eigenvalue weighted by atomic mass is 32.2. The van der Waals surface area contributed by atoms with E-state index in [0.717, 1.165) is 16.7 Å². The summed E-state index contributed by atoms with van der Waals surface area (Å²) in [5, 5.41) is 4.14. The Morgan fingerprint density at radius 3 is 1.92 bits per heavy atom. The van der Waals surface area contributed by atoms with Crippen LogP contribution in [0.2, 0.25) is 0 Å². The summed E-state index contributed by atoms with van der Waals surface area (Å²) in [6.45, 7) is 0. The molecular weight excluding hydrogens is 340 g/mol. The van der Waals surface area contributed by atoms with Crippen LogP contribution < -0.4 is 5.43 Å². The minimum Gasteiger partial charge on any atom is -0.272 e. The number of amides is 1. The van der Waals surface area contributed by atoms with Crippen LogP contribution in [0.4, 0.5) is 0 Å². The summed E-state index contributed by atoms with van der Waals surface area (Å²) in [7, 11) is 0. The zero-order valence-electron chi connectivity index (χ0n) is 14.5. The first-order chi connectivity index (χ1) is 12.8. The second-order valence-corrected chi connectivity index (χ2v) is 6.64. The van der Waals surface area contributed by atoms with E-state index in [1.165, 1.54) is 4.90 Å². The van der Waals surface area contributed by atoms with Gasteiger partial charge in [-0.3, -0.25) is 4.79 Å². The Bertz CT molecular complexity index is 822. The van der Waals surface area contributed by atoms with E-state index in [-0.39, 0.29) is 5.91 Å². The monoisotopic (exact) mass is 360 g/mol. The van der Waals surface area contributed by atoms with Gasteiger partial charge in [0.1, 0.15) is 0 Å². The molecule has 0 aliphatic heterocycles. The van der Waals surface area contributed by atoms with Crippen molar-refractivity contribution in [3.63, 3.8) is 0 Å². The molecule has 0 fully saturated rings. The first kappa shape index (κ1) is 18.0. The van der Waals surface area contributed by atoms with Gasteiger partial charge in [0.25, 0.3) is 5.91 Å². The number of thioether (sulfide) groups is 1. The van der Waals surface area contributed by atoms with Crippen LogP contribution in [0.1, 0.15) is 22.6 Å². The maximum Gasteiger partial charge on any atom is 0.252 e. The van der Waals surface area contributed by atoms with E-state index in [1.807, 2.05) is 91.2 Å². The summed E-state index contributed by atoms with van der Waals surface area (Å²) in [6.07, 6.45) is 3.70. The summed E-state index contributed by atoms with van der Waals surface area (Å²) in [6, 6.07) is 27.5. The third-order valence-electron chi connectivity index (χ3n) is 4.03. The van der Waals surface area contributed by atoms with Crippen LogP contribution in [0.15, 0.2) is 94.9 Å². The molecule has 26 heavy (non-hydrogen) atoms. The van der Waals surface area contributed by atoms with Gasteiger partial charge in [0.2, 0.25) is 0 Å². The Morgan fingerprint density at radius 1 is 0.885 bits per heavy atom. The molecule has 0 saturated heterocycles. The second-order valence-electron chi connectivity index (χ2n) is 5.76. The summed E-state index contributed by atoms with van der Waals surface area (Å²) < 4.78 is 0. The quantitative estimate of drug-likeness (QED) is 0.394. The number of hydrazone groups is 1. The summed E-state index contributed by atoms with van der Waals surface area (Å²) >= 11 is 1.69. The normalized spacial score (nSPS) is 11.0. The lowest BCUT2D eigenvalue weighted by Crippen LogP contribution is -2.26. The lowest BCUT2D eigenvalue weighted by molar-refractivity contribution is -0.121. The van der Waals surface area contributed by atoms with Crippen molar-refractivity contribution in [2.45, 2.75) is 10.8 Å². The Labute approximate surface area is 158 Å². The molecule has 0 unspecified atom stereocenters. The highest BCUT2D eigenvalue weighted by Crippen LogP contribution is 2.24. The SMILES string of the molecule is CSc1ccc(C=NNC(=O)C(c2ccccc2)c2ccccc2)cc1. The van der Waals surface area contributed by atoms with Crippen LogP contribution in [0.5, 0.6) is 0 Å². The molecule has 3 nitrogen and oxygen atoms in total. The van der Waals surface area contributed by atoms with E-state index in [4.69, 9.17) is 0 Å². The molecule has 0 heterocycles. The number of carbonyl (C=O) groups excluding carboxylic acids is 1. The van der Waals surface area contributed by atoms with Crippen molar-refractivity contribution in [3.8, 4) is 0 Å². The van der Waals surface area contributed by atoms with E-state index in [2.05, 4.69) is 10.5 Å². The highest BCUT2D eigenvalue weighted by Gasteiger charge is 2.22. The number of hydrogen-bond acceptors (Lipinski definition) is 3. The van der Waals surface area contributed by atoms with Crippen LogP contribution in [0.25, 0.3) is 0 Å². The van der Waals surface area contributed by atoms with Crippen molar-refractivity contribution in [1.29, 1.82) is 0 Å². The molecule has 0 aliphatic rings. The van der Waals surface area contributed by atoms with E-state index in [1.54, 1.807) is 18.0 Å². The van der Waals surface area contributed by atoms with Gasteiger partial charge >= 0.3 is 0 Å². The zero-order chi connectivity index (χ0) is 18.2. The molecule has 0 bridgehead atoms. The lowest BCUT2D eigenvalue weighted by Gasteiger charge is -2.16. The molecule has 0 atom stereocenters. The minimum absolute atomic E-state index is 0.153. The van der Waals surface area contributed by atoms with Crippen molar-refractivity contribution in [2.75, 3.05) is 6.26 Å². The predicted molar refractivity (Wildman–Crippen MR) is 109 cm³/mol. The Hall–Kier alpha value is -2.85. The standard InChI is InChI=1S/C22H20N2OS/c1-26-20-14-12-17(13-15-20)16-23-24-22(25)21(18-8-4-2-5-9-18)19-10-6-3-7-11-19/h2-16,21H,1H3,(H,24,25). The van der Waals surface area contributed by atoms with Gasteiger partial charge in [-0.05, 0) is 35.1 Å². The maximum atomic E-state index is 12.8. The van der Waals surface area contributed by atoms with Crippen molar-refractivity contribution in [1.82, 2.24) is 5.43 Å². The Balaban J connectivity index is 1.76. The van der Waals surface area contributed by atoms with Crippen LogP contribution in [0.3, 0.4) is 0 Å². The average Bonchev–Trinajstić information content (AvgIpc) is 2.70. The first-order valence-corrected chi connectivity index (χ1v) is 9.57. The molecule has 1 N–H and O–H groups in total. The number of rotatable bonds is 6. The van der Waals surface area contributed by atoms with Crippen molar-refractivity contribution >= 4 is 23.9 Å². The minimum atomic E-state index is -0.395. The van der Waals surface area contributed by atoms with Gasteiger partial charge in [0.05, 0.1) is 12.1 Å². The maximum absolute atomic E-state index is 12.8. The summed E-state index contributed by atoms with van der Waals surface area (Å²) in [5.41, 5.74) is 5.51. The Morgan fingerprint density at radius 2 is 1.42 bits per heavy atom. The smallest absolute Gasteiger partial charge is 0.252 e. The van der Waals surface area contributed by atoms with Gasteiger partial charge in [0, 0.05) is 4.90 Å². The molecule has 1 amide bonds. The van der Waals surface area contributed by atoms with E-state index in [0.29, 0.717) is 0 Å². The lowest BCUT2D eigenvalue weighted by atomic mass is 9.91. The van der Waals surface area contributed by atoms with E-state index in [9.17, 15) is 4.79 Å². The molecule has 0 saturated carbocycles. The predicted octanol–water partition coefficient (Wildman–Crippen LogP) is 4.69. The molecule has 0 spiro atoms. The van der Waals surface area contributed by atoms with Crippen LogP contribution in [-0.2, 0) is 4.79 Å². The van der Waals surface area contributed by atoms with Gasteiger partial charge < -0.3 is 0 Å². The zero-order valence-corrected chi connectivity index (χ0v) is 15.3. The fraction of sp³-hybridized carbons (Fsp3) is 0.0909. The van der Waals surface area contributed by atoms with E-state index < -0.39 is 5.92 Å². The molecule has 0 aromatic heterocycles.